The monoisotopic (exact) mass is 330 g/mol. The van der Waals surface area contributed by atoms with Gasteiger partial charge in [-0.1, -0.05) is 35.9 Å². The Morgan fingerprint density at radius 3 is 2.74 bits per heavy atom. The fourth-order valence-electron chi connectivity index (χ4n) is 2.63. The summed E-state index contributed by atoms with van der Waals surface area (Å²) in [6.45, 7) is 0.730. The molecule has 1 amide bonds. The van der Waals surface area contributed by atoms with Crippen molar-refractivity contribution in [1.29, 1.82) is 0 Å². The molecule has 2 atom stereocenters. The van der Waals surface area contributed by atoms with Crippen LogP contribution < -0.4 is 15.8 Å². The van der Waals surface area contributed by atoms with Crippen LogP contribution in [-0.2, 0) is 11.4 Å². The first-order valence-electron chi connectivity index (χ1n) is 7.61. The second-order valence-electron chi connectivity index (χ2n) is 5.78. The molecule has 5 heteroatoms. The maximum absolute atomic E-state index is 10.8. The molecule has 0 bridgehead atoms. The Balaban J connectivity index is 1.51. The van der Waals surface area contributed by atoms with Gasteiger partial charge in [-0.05, 0) is 41.8 Å². The highest BCUT2D eigenvalue weighted by Crippen LogP contribution is 2.41. The molecule has 23 heavy (non-hydrogen) atoms. The van der Waals surface area contributed by atoms with Gasteiger partial charge in [0.15, 0.2) is 0 Å². The van der Waals surface area contributed by atoms with E-state index >= 15 is 0 Å². The number of rotatable bonds is 7. The number of hydrogen-bond acceptors (Lipinski definition) is 3. The van der Waals surface area contributed by atoms with Crippen molar-refractivity contribution in [3.8, 4) is 5.75 Å². The van der Waals surface area contributed by atoms with Crippen LogP contribution >= 0.6 is 11.6 Å². The molecule has 4 nitrogen and oxygen atoms in total. The van der Waals surface area contributed by atoms with Crippen molar-refractivity contribution in [3.05, 3.63) is 64.7 Å². The highest BCUT2D eigenvalue weighted by Gasteiger charge is 2.37. The molecule has 2 unspecified atom stereocenters. The Hall–Kier alpha value is -2.04. The van der Waals surface area contributed by atoms with Gasteiger partial charge >= 0.3 is 0 Å². The summed E-state index contributed by atoms with van der Waals surface area (Å²) in [4.78, 5) is 10.8. The van der Waals surface area contributed by atoms with E-state index in [1.165, 1.54) is 5.56 Å². The number of carbonyl (C=O) groups excluding carboxylic acids is 1. The van der Waals surface area contributed by atoms with Gasteiger partial charge < -0.3 is 15.8 Å². The molecule has 0 aromatic heterocycles. The quantitative estimate of drug-likeness (QED) is 0.820. The molecule has 1 aliphatic carbocycles. The lowest BCUT2D eigenvalue weighted by molar-refractivity contribution is -0.117. The minimum atomic E-state index is -0.319. The van der Waals surface area contributed by atoms with Gasteiger partial charge in [0.05, 0.1) is 6.54 Å². The topological polar surface area (TPSA) is 64.4 Å². The Morgan fingerprint density at radius 1 is 1.26 bits per heavy atom. The van der Waals surface area contributed by atoms with Crippen LogP contribution in [0.4, 0.5) is 0 Å². The van der Waals surface area contributed by atoms with E-state index in [9.17, 15) is 4.79 Å². The van der Waals surface area contributed by atoms with Gasteiger partial charge in [-0.25, -0.2) is 0 Å². The van der Waals surface area contributed by atoms with E-state index in [4.69, 9.17) is 22.1 Å². The molecule has 2 aromatic carbocycles. The Morgan fingerprint density at radius 2 is 2.04 bits per heavy atom. The third kappa shape index (κ3) is 4.47. The van der Waals surface area contributed by atoms with E-state index in [0.29, 0.717) is 23.6 Å². The van der Waals surface area contributed by atoms with Crippen LogP contribution in [0.2, 0.25) is 5.02 Å². The number of amides is 1. The number of benzene rings is 2. The predicted molar refractivity (Wildman–Crippen MR) is 90.6 cm³/mol. The van der Waals surface area contributed by atoms with Gasteiger partial charge in [0.25, 0.3) is 0 Å². The zero-order valence-electron chi connectivity index (χ0n) is 12.7. The molecule has 1 saturated carbocycles. The van der Waals surface area contributed by atoms with Gasteiger partial charge in [-0.3, -0.25) is 4.79 Å². The summed E-state index contributed by atoms with van der Waals surface area (Å²) in [7, 11) is 0. The molecule has 0 aliphatic heterocycles. The van der Waals surface area contributed by atoms with Crippen LogP contribution in [0.15, 0.2) is 48.5 Å². The lowest BCUT2D eigenvalue weighted by Crippen LogP contribution is -2.30. The number of nitrogens with one attached hydrogen (secondary N) is 1. The second kappa shape index (κ2) is 7.02. The molecule has 0 radical (unpaired) electrons. The summed E-state index contributed by atoms with van der Waals surface area (Å²) in [6.07, 6.45) is 1.04. The van der Waals surface area contributed by atoms with E-state index in [2.05, 4.69) is 17.4 Å². The van der Waals surface area contributed by atoms with Gasteiger partial charge in [0.2, 0.25) is 5.91 Å². The van der Waals surface area contributed by atoms with Crippen molar-refractivity contribution in [1.82, 2.24) is 5.32 Å². The molecule has 3 N–H and O–H groups in total. The highest BCUT2D eigenvalue weighted by atomic mass is 35.5. The maximum Gasteiger partial charge on any atom is 0.231 e. The Labute approximate surface area is 140 Å². The van der Waals surface area contributed by atoms with Gasteiger partial charge in [0.1, 0.15) is 12.4 Å². The first-order chi connectivity index (χ1) is 11.1. The number of carbonyl (C=O) groups is 1. The van der Waals surface area contributed by atoms with Gasteiger partial charge in [0, 0.05) is 17.0 Å². The van der Waals surface area contributed by atoms with Crippen molar-refractivity contribution in [3.63, 3.8) is 0 Å². The zero-order chi connectivity index (χ0) is 16.2. The molecule has 120 valence electrons. The minimum absolute atomic E-state index is 0.238. The molecule has 0 heterocycles. The molecule has 0 saturated heterocycles. The highest BCUT2D eigenvalue weighted by molar-refractivity contribution is 6.30. The number of nitrogens with two attached hydrogens (primary N) is 1. The van der Waals surface area contributed by atoms with Gasteiger partial charge in [-0.2, -0.15) is 0 Å². The van der Waals surface area contributed by atoms with Crippen molar-refractivity contribution in [2.75, 3.05) is 6.54 Å². The summed E-state index contributed by atoms with van der Waals surface area (Å²) < 4.78 is 5.77. The first kappa shape index (κ1) is 15.8. The van der Waals surface area contributed by atoms with Crippen molar-refractivity contribution in [2.45, 2.75) is 25.0 Å². The minimum Gasteiger partial charge on any atom is -0.489 e. The van der Waals surface area contributed by atoms with Gasteiger partial charge in [-0.15, -0.1) is 0 Å². The smallest absolute Gasteiger partial charge is 0.231 e. The van der Waals surface area contributed by atoms with Crippen LogP contribution in [0, 0.1) is 0 Å². The summed E-state index contributed by atoms with van der Waals surface area (Å²) >= 11 is 5.96. The van der Waals surface area contributed by atoms with E-state index in [0.717, 1.165) is 17.7 Å². The van der Waals surface area contributed by atoms with Crippen LogP contribution in [0.5, 0.6) is 5.75 Å². The van der Waals surface area contributed by atoms with E-state index in [1.807, 2.05) is 36.4 Å². The normalized spacial score (nSPS) is 19.3. The van der Waals surface area contributed by atoms with Crippen molar-refractivity contribution >= 4 is 17.5 Å². The molecule has 2 aromatic rings. The van der Waals surface area contributed by atoms with Crippen LogP contribution in [0.1, 0.15) is 23.5 Å². The average Bonchev–Trinajstić information content (AvgIpc) is 3.31. The molecule has 3 rings (SSSR count). The van der Waals surface area contributed by atoms with Crippen LogP contribution in [0.3, 0.4) is 0 Å². The molecule has 1 aliphatic rings. The summed E-state index contributed by atoms with van der Waals surface area (Å²) in [5.74, 6) is 0.966. The SMILES string of the molecule is NC(=O)CNC1CC1c1ccc(OCc2cccc(Cl)c2)cc1. The van der Waals surface area contributed by atoms with Crippen LogP contribution in [-0.4, -0.2) is 18.5 Å². The lowest BCUT2D eigenvalue weighted by atomic mass is 10.1. The fraction of sp³-hybridized carbons (Fsp3) is 0.278. The fourth-order valence-corrected chi connectivity index (χ4v) is 2.84. The summed E-state index contributed by atoms with van der Waals surface area (Å²) in [6, 6.07) is 16.1. The molecule has 0 spiro atoms. The standard InChI is InChI=1S/C18H19ClN2O2/c19-14-3-1-2-12(8-14)11-23-15-6-4-13(5-7-15)16-9-17(16)21-10-18(20)22/h1-8,16-17,21H,9-11H2,(H2,20,22). The van der Waals surface area contributed by atoms with Crippen molar-refractivity contribution in [2.24, 2.45) is 5.73 Å². The van der Waals surface area contributed by atoms with Crippen LogP contribution in [0.25, 0.3) is 0 Å². The second-order valence-corrected chi connectivity index (χ2v) is 6.22. The molecular weight excluding hydrogens is 312 g/mol. The zero-order valence-corrected chi connectivity index (χ0v) is 13.4. The maximum atomic E-state index is 10.8. The number of halogens is 1. The Bertz CT molecular complexity index is 688. The van der Waals surface area contributed by atoms with E-state index in [1.54, 1.807) is 0 Å². The Kier molecular flexibility index (Phi) is 4.84. The van der Waals surface area contributed by atoms with E-state index in [-0.39, 0.29) is 12.5 Å². The first-order valence-corrected chi connectivity index (χ1v) is 7.98. The molecule has 1 fully saturated rings. The summed E-state index contributed by atoms with van der Waals surface area (Å²) in [5.41, 5.74) is 7.43. The van der Waals surface area contributed by atoms with Crippen molar-refractivity contribution < 1.29 is 9.53 Å². The number of hydrogen-bond donors (Lipinski definition) is 2. The number of ether oxygens (including phenoxy) is 1. The molecular formula is C18H19ClN2O2. The summed E-state index contributed by atoms with van der Waals surface area (Å²) in [5, 5.41) is 3.87. The third-order valence-corrected chi connectivity index (χ3v) is 4.17. The largest absolute Gasteiger partial charge is 0.489 e. The van der Waals surface area contributed by atoms with E-state index < -0.39 is 0 Å². The number of primary amides is 1. The predicted octanol–water partition coefficient (Wildman–Crippen LogP) is 2.85. The average molecular weight is 331 g/mol. The third-order valence-electron chi connectivity index (χ3n) is 3.93. The lowest BCUT2D eigenvalue weighted by Gasteiger charge is -2.08.